The Balaban J connectivity index is 2.09. The van der Waals surface area contributed by atoms with Crippen molar-refractivity contribution in [1.29, 1.82) is 0 Å². The molecule has 0 aliphatic heterocycles. The highest BCUT2D eigenvalue weighted by Crippen LogP contribution is 2.17. The second kappa shape index (κ2) is 5.04. The molecule has 0 atom stereocenters. The van der Waals surface area contributed by atoms with Gasteiger partial charge >= 0.3 is 5.76 Å². The molecule has 1 aromatic carbocycles. The van der Waals surface area contributed by atoms with Crippen molar-refractivity contribution in [2.75, 3.05) is 0 Å². The highest BCUT2D eigenvalue weighted by atomic mass is 127. The van der Waals surface area contributed by atoms with Gasteiger partial charge in [-0.15, -0.1) is 0 Å². The minimum atomic E-state index is -0.375. The van der Waals surface area contributed by atoms with Gasteiger partial charge in [0.25, 0.3) is 0 Å². The van der Waals surface area contributed by atoms with E-state index >= 15 is 0 Å². The second-order valence-corrected chi connectivity index (χ2v) is 6.03. The number of hydrogen-bond donors (Lipinski definition) is 0. The van der Waals surface area contributed by atoms with Crippen molar-refractivity contribution in [1.82, 2.24) is 19.3 Å². The van der Waals surface area contributed by atoms with E-state index in [2.05, 4.69) is 32.7 Å². The van der Waals surface area contributed by atoms with Gasteiger partial charge in [0.2, 0.25) is 0 Å². The van der Waals surface area contributed by atoms with E-state index in [1.165, 1.54) is 6.33 Å². The lowest BCUT2D eigenvalue weighted by atomic mass is 10.3. The molecule has 0 bridgehead atoms. The number of benzene rings is 1. The van der Waals surface area contributed by atoms with E-state index < -0.39 is 0 Å². The third kappa shape index (κ3) is 2.26. The van der Waals surface area contributed by atoms with Crippen molar-refractivity contribution in [2.45, 2.75) is 26.4 Å². The third-order valence-corrected chi connectivity index (χ3v) is 3.74. The normalized spacial score (nSPS) is 11.6. The van der Waals surface area contributed by atoms with Gasteiger partial charge in [-0.25, -0.2) is 14.5 Å². The Morgan fingerprint density at radius 3 is 2.95 bits per heavy atom. The average molecular weight is 384 g/mol. The van der Waals surface area contributed by atoms with Crippen LogP contribution in [0.3, 0.4) is 0 Å². The van der Waals surface area contributed by atoms with Crippen LogP contribution in [0.2, 0.25) is 0 Å². The molecule has 7 heteroatoms. The molecule has 2 heterocycles. The summed E-state index contributed by atoms with van der Waals surface area (Å²) in [5, 5.41) is 4.18. The Hall–Kier alpha value is -1.64. The second-order valence-electron chi connectivity index (χ2n) is 4.78. The number of rotatable bonds is 3. The van der Waals surface area contributed by atoms with Crippen molar-refractivity contribution in [3.8, 4) is 0 Å². The average Bonchev–Trinajstić information content (AvgIpc) is 2.95. The molecule has 0 N–H and O–H groups in total. The number of aromatic nitrogens is 4. The van der Waals surface area contributed by atoms with Gasteiger partial charge in [-0.05, 0) is 54.6 Å². The monoisotopic (exact) mass is 384 g/mol. The standard InChI is InChI=1S/C13H13IN4O2/c1-8(2)18-12(15-7-16-18)6-17-10-4-3-9(14)5-11(10)20-13(17)19/h3-5,7-8H,6H2,1-2H3. The van der Waals surface area contributed by atoms with E-state index in [0.29, 0.717) is 12.1 Å². The summed E-state index contributed by atoms with van der Waals surface area (Å²) in [4.78, 5) is 16.2. The SMILES string of the molecule is CC(C)n1ncnc1Cn1c(=O)oc2cc(I)ccc21. The van der Waals surface area contributed by atoms with Crippen LogP contribution in [0.25, 0.3) is 11.1 Å². The van der Waals surface area contributed by atoms with Crippen LogP contribution in [0, 0.1) is 3.57 Å². The highest BCUT2D eigenvalue weighted by Gasteiger charge is 2.14. The molecule has 3 rings (SSSR count). The van der Waals surface area contributed by atoms with Crippen LogP contribution < -0.4 is 5.76 Å². The zero-order valence-corrected chi connectivity index (χ0v) is 13.2. The van der Waals surface area contributed by atoms with Crippen LogP contribution in [-0.2, 0) is 6.54 Å². The molecule has 0 aliphatic carbocycles. The van der Waals surface area contributed by atoms with Gasteiger partial charge in [-0.1, -0.05) is 0 Å². The highest BCUT2D eigenvalue weighted by molar-refractivity contribution is 14.1. The van der Waals surface area contributed by atoms with Gasteiger partial charge in [-0.3, -0.25) is 4.57 Å². The fourth-order valence-corrected chi connectivity index (χ4v) is 2.61. The predicted octanol–water partition coefficient (Wildman–Crippen LogP) is 2.42. The molecule has 0 saturated heterocycles. The first-order valence-electron chi connectivity index (χ1n) is 6.23. The quantitative estimate of drug-likeness (QED) is 0.651. The smallest absolute Gasteiger partial charge is 0.408 e. The molecule has 6 nitrogen and oxygen atoms in total. The largest absolute Gasteiger partial charge is 0.420 e. The minimum Gasteiger partial charge on any atom is -0.408 e. The zero-order valence-electron chi connectivity index (χ0n) is 11.1. The van der Waals surface area contributed by atoms with Gasteiger partial charge in [-0.2, -0.15) is 5.10 Å². The van der Waals surface area contributed by atoms with Crippen molar-refractivity contribution < 1.29 is 4.42 Å². The maximum atomic E-state index is 12.0. The Bertz CT molecular complexity index is 815. The number of fused-ring (bicyclic) bond motifs is 1. The summed E-state index contributed by atoms with van der Waals surface area (Å²) < 4.78 is 9.68. The summed E-state index contributed by atoms with van der Waals surface area (Å²) in [7, 11) is 0. The number of hydrogen-bond acceptors (Lipinski definition) is 4. The summed E-state index contributed by atoms with van der Waals surface area (Å²) in [6.45, 7) is 4.40. The third-order valence-electron chi connectivity index (χ3n) is 3.07. The molecule has 104 valence electrons. The van der Waals surface area contributed by atoms with Crippen molar-refractivity contribution >= 4 is 33.7 Å². The molecule has 2 aromatic heterocycles. The van der Waals surface area contributed by atoms with Crippen molar-refractivity contribution in [3.05, 3.63) is 44.5 Å². The molecule has 0 spiro atoms. The van der Waals surface area contributed by atoms with E-state index in [0.717, 1.165) is 14.9 Å². The Morgan fingerprint density at radius 2 is 2.20 bits per heavy atom. The first kappa shape index (κ1) is 13.3. The van der Waals surface area contributed by atoms with Crippen LogP contribution in [0.5, 0.6) is 0 Å². The Labute approximate surface area is 128 Å². The van der Waals surface area contributed by atoms with Gasteiger partial charge in [0, 0.05) is 9.61 Å². The molecule has 20 heavy (non-hydrogen) atoms. The molecule has 0 aliphatic rings. The molecule has 0 unspecified atom stereocenters. The summed E-state index contributed by atoms with van der Waals surface area (Å²) in [5.74, 6) is 0.364. The van der Waals surface area contributed by atoms with Crippen LogP contribution in [0.4, 0.5) is 0 Å². The lowest BCUT2D eigenvalue weighted by Crippen LogP contribution is -2.19. The molecule has 0 amide bonds. The lowest BCUT2D eigenvalue weighted by Gasteiger charge is -2.09. The maximum absolute atomic E-state index is 12.0. The van der Waals surface area contributed by atoms with Crippen LogP contribution in [-0.4, -0.2) is 19.3 Å². The molecule has 0 radical (unpaired) electrons. The summed E-state index contributed by atoms with van der Waals surface area (Å²) >= 11 is 2.19. The van der Waals surface area contributed by atoms with Gasteiger partial charge in [0.05, 0.1) is 12.1 Å². The van der Waals surface area contributed by atoms with E-state index in [1.54, 1.807) is 9.25 Å². The van der Waals surface area contributed by atoms with Gasteiger partial charge in [0.15, 0.2) is 5.58 Å². The lowest BCUT2D eigenvalue weighted by molar-refractivity contribution is 0.476. The molecule has 0 saturated carbocycles. The maximum Gasteiger partial charge on any atom is 0.420 e. The van der Waals surface area contributed by atoms with Gasteiger partial charge < -0.3 is 4.42 Å². The van der Waals surface area contributed by atoms with E-state index in [-0.39, 0.29) is 11.8 Å². The van der Waals surface area contributed by atoms with Crippen LogP contribution in [0.1, 0.15) is 25.7 Å². The fraction of sp³-hybridized carbons (Fsp3) is 0.308. The Kier molecular flexibility index (Phi) is 3.36. The zero-order chi connectivity index (χ0) is 14.3. The topological polar surface area (TPSA) is 65.8 Å². The summed E-state index contributed by atoms with van der Waals surface area (Å²) in [6.07, 6.45) is 1.51. The minimum absolute atomic E-state index is 0.197. The number of nitrogens with zero attached hydrogens (tertiary/aromatic N) is 4. The van der Waals surface area contributed by atoms with Crippen LogP contribution in [0.15, 0.2) is 33.7 Å². The fourth-order valence-electron chi connectivity index (χ4n) is 2.15. The van der Waals surface area contributed by atoms with Crippen molar-refractivity contribution in [3.63, 3.8) is 0 Å². The van der Waals surface area contributed by atoms with E-state index in [9.17, 15) is 4.79 Å². The van der Waals surface area contributed by atoms with Gasteiger partial charge in [0.1, 0.15) is 12.2 Å². The van der Waals surface area contributed by atoms with E-state index in [4.69, 9.17) is 4.42 Å². The first-order chi connectivity index (χ1) is 9.56. The molecule has 0 fully saturated rings. The van der Waals surface area contributed by atoms with E-state index in [1.807, 2.05) is 32.0 Å². The van der Waals surface area contributed by atoms with Crippen LogP contribution >= 0.6 is 22.6 Å². The summed E-state index contributed by atoms with van der Waals surface area (Å²) in [5.41, 5.74) is 1.37. The Morgan fingerprint density at radius 1 is 1.40 bits per heavy atom. The first-order valence-corrected chi connectivity index (χ1v) is 7.31. The number of oxazole rings is 1. The van der Waals surface area contributed by atoms with Crippen molar-refractivity contribution in [2.24, 2.45) is 0 Å². The molecular formula is C13H13IN4O2. The summed E-state index contributed by atoms with van der Waals surface area (Å²) in [6, 6.07) is 5.88. The predicted molar refractivity (Wildman–Crippen MR) is 82.7 cm³/mol. The molecular weight excluding hydrogens is 371 g/mol. The number of halogens is 1. The molecule has 3 aromatic rings.